The van der Waals surface area contributed by atoms with E-state index in [2.05, 4.69) is 49.7 Å². The Morgan fingerprint density at radius 3 is 2.77 bits per heavy atom. The molecule has 1 aromatic carbocycles. The Bertz CT molecular complexity index is 1090. The molecule has 2 fully saturated rings. The van der Waals surface area contributed by atoms with Gasteiger partial charge in [-0.1, -0.05) is 35.5 Å². The molecule has 1 aliphatic heterocycles. The van der Waals surface area contributed by atoms with Crippen molar-refractivity contribution in [3.05, 3.63) is 65.1 Å². The van der Waals surface area contributed by atoms with Gasteiger partial charge in [0.1, 0.15) is 5.69 Å². The van der Waals surface area contributed by atoms with Crippen LogP contribution in [-0.2, 0) is 19.0 Å². The van der Waals surface area contributed by atoms with Crippen LogP contribution in [0.5, 0.6) is 0 Å². The van der Waals surface area contributed by atoms with Crippen molar-refractivity contribution in [3.8, 4) is 0 Å². The molecule has 3 heterocycles. The van der Waals surface area contributed by atoms with E-state index < -0.39 is 0 Å². The first-order valence-corrected chi connectivity index (χ1v) is 10.8. The van der Waals surface area contributed by atoms with Crippen LogP contribution >= 0.6 is 0 Å². The van der Waals surface area contributed by atoms with Crippen molar-refractivity contribution in [2.24, 2.45) is 13.0 Å². The van der Waals surface area contributed by atoms with Crippen LogP contribution in [0.3, 0.4) is 0 Å². The number of nitrogens with zero attached hydrogens (tertiary/aromatic N) is 5. The summed E-state index contributed by atoms with van der Waals surface area (Å²) >= 11 is 0. The number of rotatable bonds is 5. The van der Waals surface area contributed by atoms with Crippen molar-refractivity contribution in [2.45, 2.75) is 44.7 Å². The summed E-state index contributed by atoms with van der Waals surface area (Å²) in [5, 5.41) is 11.6. The van der Waals surface area contributed by atoms with Crippen LogP contribution in [0, 0.1) is 19.8 Å². The molecule has 2 aliphatic rings. The van der Waals surface area contributed by atoms with Crippen LogP contribution in [0.1, 0.15) is 46.3 Å². The first-order valence-electron chi connectivity index (χ1n) is 10.8. The van der Waals surface area contributed by atoms with Gasteiger partial charge in [0.05, 0.1) is 11.1 Å². The van der Waals surface area contributed by atoms with Gasteiger partial charge in [0.25, 0.3) is 5.91 Å². The number of aryl methyl sites for hydroxylation is 3. The summed E-state index contributed by atoms with van der Waals surface area (Å²) < 4.78 is 7.34. The van der Waals surface area contributed by atoms with E-state index in [-0.39, 0.29) is 17.4 Å². The number of amides is 1. The van der Waals surface area contributed by atoms with Gasteiger partial charge in [-0.2, -0.15) is 10.1 Å². The minimum atomic E-state index is -0.226. The molecule has 162 valence electrons. The molecule has 31 heavy (non-hydrogen) atoms. The highest BCUT2D eigenvalue weighted by Crippen LogP contribution is 2.50. The molecule has 8 nitrogen and oxygen atoms in total. The molecule has 2 aromatic heterocycles. The largest absolute Gasteiger partial charge is 0.348 e. The predicted octanol–water partition coefficient (Wildman–Crippen LogP) is 2.38. The Morgan fingerprint density at radius 1 is 1.29 bits per heavy atom. The maximum atomic E-state index is 12.9. The SMILES string of the molecule is Cc1cc(C(=O)N[C@@H]2C[C@H]3CN(Cc4ccccc4)C[C@@]3(c3nc(C)no3)C2)n(C)n1. The van der Waals surface area contributed by atoms with E-state index in [1.54, 1.807) is 11.7 Å². The summed E-state index contributed by atoms with van der Waals surface area (Å²) in [6.45, 7) is 6.45. The monoisotopic (exact) mass is 420 g/mol. The maximum Gasteiger partial charge on any atom is 0.269 e. The lowest BCUT2D eigenvalue weighted by atomic mass is 9.80. The van der Waals surface area contributed by atoms with Crippen molar-refractivity contribution in [1.82, 2.24) is 30.1 Å². The zero-order valence-corrected chi connectivity index (χ0v) is 18.2. The van der Waals surface area contributed by atoms with Crippen LogP contribution in [-0.4, -0.2) is 49.9 Å². The van der Waals surface area contributed by atoms with Crippen LogP contribution in [0.4, 0.5) is 0 Å². The first kappa shape index (κ1) is 19.9. The van der Waals surface area contributed by atoms with Gasteiger partial charge in [-0.3, -0.25) is 14.4 Å². The summed E-state index contributed by atoms with van der Waals surface area (Å²) in [7, 11) is 1.80. The van der Waals surface area contributed by atoms with E-state index in [1.807, 2.05) is 26.0 Å². The number of nitrogens with one attached hydrogen (secondary N) is 1. The summed E-state index contributed by atoms with van der Waals surface area (Å²) in [5.41, 5.74) is 2.50. The minimum absolute atomic E-state index is 0.0683. The van der Waals surface area contributed by atoms with Gasteiger partial charge >= 0.3 is 0 Å². The van der Waals surface area contributed by atoms with Gasteiger partial charge in [-0.05, 0) is 44.2 Å². The third kappa shape index (κ3) is 3.65. The van der Waals surface area contributed by atoms with Crippen LogP contribution in [0.2, 0.25) is 0 Å². The van der Waals surface area contributed by atoms with Gasteiger partial charge in [0.15, 0.2) is 5.82 Å². The molecule has 1 saturated carbocycles. The maximum absolute atomic E-state index is 12.9. The van der Waals surface area contributed by atoms with E-state index in [1.165, 1.54) is 5.56 Å². The second-order valence-electron chi connectivity index (χ2n) is 9.06. The number of benzene rings is 1. The normalized spacial score (nSPS) is 25.6. The van der Waals surface area contributed by atoms with Crippen LogP contribution < -0.4 is 5.32 Å². The quantitative estimate of drug-likeness (QED) is 0.682. The summed E-state index contributed by atoms with van der Waals surface area (Å²) in [6, 6.07) is 12.4. The number of likely N-dealkylation sites (tertiary alicyclic amines) is 1. The van der Waals surface area contributed by atoms with Crippen molar-refractivity contribution < 1.29 is 9.32 Å². The minimum Gasteiger partial charge on any atom is -0.348 e. The van der Waals surface area contributed by atoms with E-state index in [0.717, 1.165) is 38.2 Å². The number of carbonyl (C=O) groups excluding carboxylic acids is 1. The molecule has 0 spiro atoms. The number of fused-ring (bicyclic) bond motifs is 1. The first-order chi connectivity index (χ1) is 14.9. The van der Waals surface area contributed by atoms with Crippen LogP contribution in [0.25, 0.3) is 0 Å². The molecule has 1 saturated heterocycles. The summed E-state index contributed by atoms with van der Waals surface area (Å²) in [5.74, 6) is 1.64. The van der Waals surface area contributed by atoms with Gasteiger partial charge in [-0.25, -0.2) is 0 Å². The molecule has 1 aliphatic carbocycles. The fraction of sp³-hybridized carbons (Fsp3) is 0.478. The molecule has 1 amide bonds. The Labute approximate surface area is 181 Å². The average molecular weight is 421 g/mol. The molecule has 1 N–H and O–H groups in total. The fourth-order valence-corrected chi connectivity index (χ4v) is 5.46. The second-order valence-corrected chi connectivity index (χ2v) is 9.06. The molecular formula is C23H28N6O2. The van der Waals surface area contributed by atoms with Crippen molar-refractivity contribution in [3.63, 3.8) is 0 Å². The molecule has 0 radical (unpaired) electrons. The van der Waals surface area contributed by atoms with Gasteiger partial charge in [0.2, 0.25) is 5.89 Å². The Morgan fingerprint density at radius 2 is 2.10 bits per heavy atom. The number of hydrogen-bond acceptors (Lipinski definition) is 6. The second kappa shape index (κ2) is 7.60. The van der Waals surface area contributed by atoms with Crippen molar-refractivity contribution in [1.29, 1.82) is 0 Å². The summed E-state index contributed by atoms with van der Waals surface area (Å²) in [4.78, 5) is 20.0. The third-order valence-corrected chi connectivity index (χ3v) is 6.72. The van der Waals surface area contributed by atoms with E-state index >= 15 is 0 Å². The van der Waals surface area contributed by atoms with E-state index in [0.29, 0.717) is 23.3 Å². The summed E-state index contributed by atoms with van der Waals surface area (Å²) in [6.07, 6.45) is 1.70. The molecule has 0 bridgehead atoms. The molecular weight excluding hydrogens is 392 g/mol. The Kier molecular flexibility index (Phi) is 4.89. The highest BCUT2D eigenvalue weighted by molar-refractivity contribution is 5.92. The average Bonchev–Trinajstić information content (AvgIpc) is 3.46. The number of carbonyl (C=O) groups is 1. The zero-order chi connectivity index (χ0) is 21.6. The number of hydrogen-bond donors (Lipinski definition) is 1. The molecule has 8 heteroatoms. The van der Waals surface area contributed by atoms with E-state index in [4.69, 9.17) is 4.52 Å². The highest BCUT2D eigenvalue weighted by atomic mass is 16.5. The lowest BCUT2D eigenvalue weighted by Gasteiger charge is -2.25. The van der Waals surface area contributed by atoms with Gasteiger partial charge in [-0.15, -0.1) is 0 Å². The topological polar surface area (TPSA) is 89.1 Å². The Hall–Kier alpha value is -3.00. The highest BCUT2D eigenvalue weighted by Gasteiger charge is 2.57. The lowest BCUT2D eigenvalue weighted by Crippen LogP contribution is -2.38. The molecule has 0 unspecified atom stereocenters. The van der Waals surface area contributed by atoms with Crippen LogP contribution in [0.15, 0.2) is 40.9 Å². The lowest BCUT2D eigenvalue weighted by molar-refractivity contribution is 0.0924. The van der Waals surface area contributed by atoms with Gasteiger partial charge < -0.3 is 9.84 Å². The predicted molar refractivity (Wildman–Crippen MR) is 114 cm³/mol. The number of aromatic nitrogens is 4. The van der Waals surface area contributed by atoms with Crippen molar-refractivity contribution >= 4 is 5.91 Å². The fourth-order valence-electron chi connectivity index (χ4n) is 5.46. The smallest absolute Gasteiger partial charge is 0.269 e. The third-order valence-electron chi connectivity index (χ3n) is 6.72. The Balaban J connectivity index is 1.36. The van der Waals surface area contributed by atoms with E-state index in [9.17, 15) is 4.79 Å². The molecule has 5 rings (SSSR count). The standard InChI is InChI=1S/C23H28N6O2/c1-15-9-20(28(3)26-15)21(30)25-19-10-18-13-29(12-17-7-5-4-6-8-17)14-23(18,11-19)22-24-16(2)27-31-22/h4-9,18-19H,10-14H2,1-3H3,(H,25,30)/t18-,19+,23-/m0/s1. The molecule has 3 atom stereocenters. The van der Waals surface area contributed by atoms with Gasteiger partial charge in [0, 0.05) is 32.7 Å². The molecule has 3 aromatic rings. The zero-order valence-electron chi connectivity index (χ0n) is 18.2. The van der Waals surface area contributed by atoms with Crippen molar-refractivity contribution in [2.75, 3.05) is 13.1 Å².